The molecule has 0 saturated heterocycles. The summed E-state index contributed by atoms with van der Waals surface area (Å²) in [5, 5.41) is 13.0. The highest BCUT2D eigenvalue weighted by molar-refractivity contribution is 5.48. The molecule has 1 aromatic rings. The lowest BCUT2D eigenvalue weighted by molar-refractivity contribution is 0.0649. The molecule has 0 spiro atoms. The van der Waals surface area contributed by atoms with Gasteiger partial charge in [-0.25, -0.2) is 4.98 Å². The molecular formula is C12H21N3O. The molecule has 16 heavy (non-hydrogen) atoms. The van der Waals surface area contributed by atoms with Gasteiger partial charge in [-0.2, -0.15) is 0 Å². The maximum Gasteiger partial charge on any atom is 0.128 e. The van der Waals surface area contributed by atoms with Gasteiger partial charge in [0.1, 0.15) is 5.82 Å². The van der Waals surface area contributed by atoms with Gasteiger partial charge in [-0.15, -0.1) is 0 Å². The van der Waals surface area contributed by atoms with Gasteiger partial charge >= 0.3 is 0 Å². The van der Waals surface area contributed by atoms with Gasteiger partial charge in [-0.1, -0.05) is 0 Å². The maximum atomic E-state index is 9.80. The molecule has 1 heterocycles. The minimum Gasteiger partial charge on any atom is -0.388 e. The van der Waals surface area contributed by atoms with Crippen LogP contribution in [0.1, 0.15) is 20.8 Å². The van der Waals surface area contributed by atoms with E-state index < -0.39 is 5.60 Å². The summed E-state index contributed by atoms with van der Waals surface area (Å²) in [6, 6.07) is 3.88. The van der Waals surface area contributed by atoms with E-state index >= 15 is 0 Å². The normalized spacial score (nSPS) is 13.4. The van der Waals surface area contributed by atoms with Crippen molar-refractivity contribution in [1.82, 2.24) is 4.98 Å². The molecule has 4 heteroatoms. The molecular weight excluding hydrogens is 202 g/mol. The number of anilines is 2. The van der Waals surface area contributed by atoms with E-state index in [0.717, 1.165) is 11.5 Å². The van der Waals surface area contributed by atoms with Gasteiger partial charge in [-0.05, 0) is 32.9 Å². The quantitative estimate of drug-likeness (QED) is 0.816. The Balaban J connectivity index is 2.69. The molecule has 1 atom stereocenters. The number of hydrogen-bond acceptors (Lipinski definition) is 4. The predicted molar refractivity (Wildman–Crippen MR) is 67.9 cm³/mol. The Morgan fingerprint density at radius 1 is 1.38 bits per heavy atom. The summed E-state index contributed by atoms with van der Waals surface area (Å²) in [4.78, 5) is 6.24. The first-order chi connectivity index (χ1) is 7.30. The van der Waals surface area contributed by atoms with Crippen LogP contribution in [0, 0.1) is 0 Å². The molecule has 0 amide bonds. The maximum absolute atomic E-state index is 9.80. The third-order valence-electron chi connectivity index (χ3n) is 2.65. The second kappa shape index (κ2) is 4.70. The van der Waals surface area contributed by atoms with E-state index in [-0.39, 0.29) is 6.04 Å². The van der Waals surface area contributed by atoms with Gasteiger partial charge in [0.25, 0.3) is 0 Å². The molecule has 0 aliphatic rings. The van der Waals surface area contributed by atoms with Crippen molar-refractivity contribution in [2.45, 2.75) is 32.4 Å². The zero-order valence-electron chi connectivity index (χ0n) is 10.7. The summed E-state index contributed by atoms with van der Waals surface area (Å²) in [7, 11) is 3.91. The lowest BCUT2D eigenvalue weighted by atomic mass is 10.0. The Morgan fingerprint density at radius 2 is 2.00 bits per heavy atom. The molecule has 2 N–H and O–H groups in total. The number of hydrogen-bond donors (Lipinski definition) is 2. The van der Waals surface area contributed by atoms with Gasteiger partial charge in [0.05, 0.1) is 23.5 Å². The van der Waals surface area contributed by atoms with Crippen molar-refractivity contribution in [2.24, 2.45) is 0 Å². The van der Waals surface area contributed by atoms with Crippen LogP contribution in [-0.2, 0) is 0 Å². The van der Waals surface area contributed by atoms with Gasteiger partial charge in [-0.3, -0.25) is 0 Å². The molecule has 0 fully saturated rings. The molecule has 1 rings (SSSR count). The van der Waals surface area contributed by atoms with E-state index in [9.17, 15) is 5.11 Å². The number of aromatic nitrogens is 1. The number of pyridine rings is 1. The molecule has 1 unspecified atom stereocenters. The average Bonchev–Trinajstić information content (AvgIpc) is 2.17. The standard InChI is InChI=1S/C12H21N3O/c1-9(12(2,3)16)14-10-6-7-11(13-8-10)15(4)5/h6-9,14,16H,1-5H3. The van der Waals surface area contributed by atoms with Crippen molar-refractivity contribution in [1.29, 1.82) is 0 Å². The lowest BCUT2D eigenvalue weighted by Crippen LogP contribution is -2.39. The number of nitrogens with one attached hydrogen (secondary N) is 1. The highest BCUT2D eigenvalue weighted by Crippen LogP contribution is 2.16. The summed E-state index contributed by atoms with van der Waals surface area (Å²) in [5.74, 6) is 0.918. The molecule has 0 aliphatic heterocycles. The van der Waals surface area contributed by atoms with Crippen molar-refractivity contribution in [3.63, 3.8) is 0 Å². The van der Waals surface area contributed by atoms with E-state index in [0.29, 0.717) is 0 Å². The van der Waals surface area contributed by atoms with E-state index in [1.807, 2.05) is 38.1 Å². The fraction of sp³-hybridized carbons (Fsp3) is 0.583. The monoisotopic (exact) mass is 223 g/mol. The van der Waals surface area contributed by atoms with Gasteiger partial charge in [0.2, 0.25) is 0 Å². The molecule has 0 saturated carbocycles. The largest absolute Gasteiger partial charge is 0.388 e. The highest BCUT2D eigenvalue weighted by Gasteiger charge is 2.21. The van der Waals surface area contributed by atoms with Crippen molar-refractivity contribution in [3.05, 3.63) is 18.3 Å². The molecule has 0 bridgehead atoms. The van der Waals surface area contributed by atoms with E-state index in [4.69, 9.17) is 0 Å². The fourth-order valence-electron chi connectivity index (χ4n) is 1.16. The summed E-state index contributed by atoms with van der Waals surface area (Å²) in [5.41, 5.74) is 0.167. The average molecular weight is 223 g/mol. The van der Waals surface area contributed by atoms with Gasteiger partial charge < -0.3 is 15.3 Å². The number of nitrogens with zero attached hydrogens (tertiary/aromatic N) is 2. The lowest BCUT2D eigenvalue weighted by Gasteiger charge is -2.27. The van der Waals surface area contributed by atoms with Crippen LogP contribution in [0.5, 0.6) is 0 Å². The predicted octanol–water partition coefficient (Wildman–Crippen LogP) is 1.72. The van der Waals surface area contributed by atoms with Crippen LogP contribution < -0.4 is 10.2 Å². The summed E-state index contributed by atoms with van der Waals surface area (Å²) in [6.45, 7) is 5.51. The first kappa shape index (κ1) is 12.8. The molecule has 0 aromatic carbocycles. The molecule has 4 nitrogen and oxygen atoms in total. The van der Waals surface area contributed by atoms with Crippen LogP contribution in [0.3, 0.4) is 0 Å². The molecule has 1 aromatic heterocycles. The number of rotatable bonds is 4. The van der Waals surface area contributed by atoms with Crippen LogP contribution in [0.4, 0.5) is 11.5 Å². The van der Waals surface area contributed by atoms with Gasteiger partial charge in [0.15, 0.2) is 0 Å². The Labute approximate surface area is 97.3 Å². The Bertz CT molecular complexity index is 327. The summed E-state index contributed by atoms with van der Waals surface area (Å²) < 4.78 is 0. The molecule has 90 valence electrons. The number of aliphatic hydroxyl groups is 1. The smallest absolute Gasteiger partial charge is 0.128 e. The second-order valence-corrected chi connectivity index (χ2v) is 4.82. The van der Waals surface area contributed by atoms with Crippen molar-refractivity contribution < 1.29 is 5.11 Å². The first-order valence-electron chi connectivity index (χ1n) is 5.43. The highest BCUT2D eigenvalue weighted by atomic mass is 16.3. The van der Waals surface area contributed by atoms with E-state index in [2.05, 4.69) is 10.3 Å². The van der Waals surface area contributed by atoms with Crippen molar-refractivity contribution in [2.75, 3.05) is 24.3 Å². The first-order valence-corrected chi connectivity index (χ1v) is 5.43. The third-order valence-corrected chi connectivity index (χ3v) is 2.65. The topological polar surface area (TPSA) is 48.4 Å². The van der Waals surface area contributed by atoms with Crippen LogP contribution in [0.25, 0.3) is 0 Å². The molecule has 0 aliphatic carbocycles. The van der Waals surface area contributed by atoms with E-state index in [1.54, 1.807) is 20.0 Å². The van der Waals surface area contributed by atoms with E-state index in [1.165, 1.54) is 0 Å². The Morgan fingerprint density at radius 3 is 2.38 bits per heavy atom. The van der Waals surface area contributed by atoms with Crippen molar-refractivity contribution >= 4 is 11.5 Å². The second-order valence-electron chi connectivity index (χ2n) is 4.82. The Hall–Kier alpha value is -1.29. The third kappa shape index (κ3) is 3.38. The van der Waals surface area contributed by atoms with Crippen molar-refractivity contribution in [3.8, 4) is 0 Å². The van der Waals surface area contributed by atoms with Crippen LogP contribution >= 0.6 is 0 Å². The Kier molecular flexibility index (Phi) is 3.75. The fourth-order valence-corrected chi connectivity index (χ4v) is 1.16. The zero-order valence-corrected chi connectivity index (χ0v) is 10.7. The SMILES string of the molecule is CC(Nc1ccc(N(C)C)nc1)C(C)(C)O. The summed E-state index contributed by atoms with van der Waals surface area (Å²) in [6.07, 6.45) is 1.78. The zero-order chi connectivity index (χ0) is 12.3. The van der Waals surface area contributed by atoms with Crippen LogP contribution in [-0.4, -0.2) is 35.8 Å². The van der Waals surface area contributed by atoms with Gasteiger partial charge in [0, 0.05) is 14.1 Å². The molecule has 0 radical (unpaired) electrons. The minimum absolute atomic E-state index is 0.0282. The van der Waals surface area contributed by atoms with Crippen LogP contribution in [0.2, 0.25) is 0 Å². The van der Waals surface area contributed by atoms with Crippen LogP contribution in [0.15, 0.2) is 18.3 Å². The summed E-state index contributed by atoms with van der Waals surface area (Å²) >= 11 is 0. The minimum atomic E-state index is -0.750.